The molecule has 1 saturated heterocycles. The summed E-state index contributed by atoms with van der Waals surface area (Å²) in [5, 5.41) is 3.42. The molecule has 1 unspecified atom stereocenters. The molecule has 2 heterocycles. The molecule has 1 atom stereocenters. The van der Waals surface area contributed by atoms with Crippen molar-refractivity contribution in [2.45, 2.75) is 19.4 Å². The number of nitrogens with one attached hydrogen (secondary N) is 1. The molecule has 1 aromatic carbocycles. The Morgan fingerprint density at radius 3 is 2.84 bits per heavy atom. The minimum atomic E-state index is 0. The smallest absolute Gasteiger partial charge is 0.193 e. The zero-order valence-electron chi connectivity index (χ0n) is 14.8. The van der Waals surface area contributed by atoms with Crippen LogP contribution in [0.1, 0.15) is 23.0 Å². The topological polar surface area (TPSA) is 50.0 Å². The number of rotatable bonds is 4. The van der Waals surface area contributed by atoms with Crippen molar-refractivity contribution in [3.63, 3.8) is 0 Å². The molecule has 3 rings (SSSR count). The van der Waals surface area contributed by atoms with E-state index in [0.29, 0.717) is 6.61 Å². The fourth-order valence-corrected chi connectivity index (χ4v) is 3.06. The molecule has 2 aromatic rings. The number of halogens is 1. The molecule has 0 radical (unpaired) electrons. The highest BCUT2D eigenvalue weighted by atomic mass is 127. The van der Waals surface area contributed by atoms with Crippen molar-refractivity contribution < 1.29 is 9.15 Å². The molecule has 0 bridgehead atoms. The summed E-state index contributed by atoms with van der Waals surface area (Å²) in [7, 11) is 1.83. The fourth-order valence-electron chi connectivity index (χ4n) is 3.06. The van der Waals surface area contributed by atoms with Crippen LogP contribution in [0.3, 0.4) is 0 Å². The van der Waals surface area contributed by atoms with E-state index in [9.17, 15) is 0 Å². The Morgan fingerprint density at radius 2 is 2.12 bits per heavy atom. The Bertz CT molecular complexity index is 673. The number of nitrogens with zero attached hydrogens (tertiary/aromatic N) is 2. The Kier molecular flexibility index (Phi) is 7.77. The van der Waals surface area contributed by atoms with Crippen molar-refractivity contribution in [3.8, 4) is 0 Å². The largest absolute Gasteiger partial charge is 0.469 e. The summed E-state index contributed by atoms with van der Waals surface area (Å²) in [4.78, 5) is 6.69. The van der Waals surface area contributed by atoms with Crippen LogP contribution in [0.2, 0.25) is 0 Å². The third-order valence-electron chi connectivity index (χ3n) is 4.35. The lowest BCUT2D eigenvalue weighted by Gasteiger charge is -2.35. The molecule has 0 saturated carbocycles. The number of hydrogen-bond donors (Lipinski definition) is 1. The highest BCUT2D eigenvalue weighted by molar-refractivity contribution is 14.0. The van der Waals surface area contributed by atoms with Gasteiger partial charge in [0.1, 0.15) is 11.9 Å². The zero-order chi connectivity index (χ0) is 16.8. The Balaban J connectivity index is 0.00000225. The average Bonchev–Trinajstić information content (AvgIpc) is 3.13. The number of benzene rings is 1. The summed E-state index contributed by atoms with van der Waals surface area (Å²) in [5.41, 5.74) is 2.53. The average molecular weight is 455 g/mol. The van der Waals surface area contributed by atoms with Crippen molar-refractivity contribution in [1.29, 1.82) is 0 Å². The first-order chi connectivity index (χ1) is 11.8. The van der Waals surface area contributed by atoms with Gasteiger partial charge in [-0.25, -0.2) is 0 Å². The molecular formula is C19H26IN3O2. The molecule has 25 heavy (non-hydrogen) atoms. The second kappa shape index (κ2) is 9.82. The van der Waals surface area contributed by atoms with Crippen LogP contribution < -0.4 is 5.32 Å². The number of furan rings is 1. The molecule has 0 spiro atoms. The normalized spacial score (nSPS) is 17.9. The van der Waals surface area contributed by atoms with Crippen LogP contribution in [0.4, 0.5) is 0 Å². The third kappa shape index (κ3) is 5.22. The second-order valence-electron chi connectivity index (χ2n) is 5.97. The lowest BCUT2D eigenvalue weighted by Crippen LogP contribution is -2.48. The van der Waals surface area contributed by atoms with E-state index in [1.54, 1.807) is 6.26 Å². The van der Waals surface area contributed by atoms with E-state index in [1.165, 1.54) is 11.1 Å². The van der Waals surface area contributed by atoms with Gasteiger partial charge in [0.05, 0.1) is 19.4 Å². The Labute approximate surface area is 166 Å². The minimum Gasteiger partial charge on any atom is -0.469 e. The van der Waals surface area contributed by atoms with Crippen LogP contribution in [-0.2, 0) is 11.2 Å². The van der Waals surface area contributed by atoms with Crippen LogP contribution >= 0.6 is 24.0 Å². The summed E-state index contributed by atoms with van der Waals surface area (Å²) in [6.45, 7) is 5.30. The van der Waals surface area contributed by atoms with Gasteiger partial charge in [0.25, 0.3) is 0 Å². The first kappa shape index (κ1) is 19.8. The summed E-state index contributed by atoms with van der Waals surface area (Å²) in [6, 6.07) is 12.3. The van der Waals surface area contributed by atoms with Gasteiger partial charge in [0, 0.05) is 26.6 Å². The van der Waals surface area contributed by atoms with Crippen LogP contribution in [0.25, 0.3) is 0 Å². The molecule has 5 nitrogen and oxygen atoms in total. The standard InChI is InChI=1S/C19H25N3O2.HI/c1-15-6-3-4-8-17(15)18-14-22(11-13-24-18)19(20-2)21-10-9-16-7-5-12-23-16;/h3-8,12,18H,9-11,13-14H2,1-2H3,(H,20,21);1H. The number of aliphatic imine (C=N–C) groups is 1. The van der Waals surface area contributed by atoms with Gasteiger partial charge in [-0.2, -0.15) is 0 Å². The quantitative estimate of drug-likeness (QED) is 0.436. The van der Waals surface area contributed by atoms with Gasteiger partial charge < -0.3 is 19.4 Å². The molecule has 1 aliphatic rings. The van der Waals surface area contributed by atoms with E-state index >= 15 is 0 Å². The van der Waals surface area contributed by atoms with E-state index in [0.717, 1.165) is 37.8 Å². The Hall–Kier alpha value is -1.54. The summed E-state index contributed by atoms with van der Waals surface area (Å²) in [5.74, 6) is 1.90. The molecule has 0 amide bonds. The summed E-state index contributed by atoms with van der Waals surface area (Å²) in [6.07, 6.45) is 2.64. The Morgan fingerprint density at radius 1 is 1.28 bits per heavy atom. The maximum absolute atomic E-state index is 5.99. The zero-order valence-corrected chi connectivity index (χ0v) is 17.1. The second-order valence-corrected chi connectivity index (χ2v) is 5.97. The van der Waals surface area contributed by atoms with Gasteiger partial charge in [-0.1, -0.05) is 24.3 Å². The van der Waals surface area contributed by atoms with Gasteiger partial charge >= 0.3 is 0 Å². The molecular weight excluding hydrogens is 429 g/mol. The van der Waals surface area contributed by atoms with Gasteiger partial charge in [0.15, 0.2) is 5.96 Å². The predicted octanol–water partition coefficient (Wildman–Crippen LogP) is 3.40. The maximum Gasteiger partial charge on any atom is 0.193 e. The minimum absolute atomic E-state index is 0. The summed E-state index contributed by atoms with van der Waals surface area (Å²) < 4.78 is 11.4. The van der Waals surface area contributed by atoms with Crippen molar-refractivity contribution in [2.24, 2.45) is 4.99 Å². The molecule has 1 fully saturated rings. The van der Waals surface area contributed by atoms with E-state index in [1.807, 2.05) is 19.2 Å². The van der Waals surface area contributed by atoms with Crippen LogP contribution in [0, 0.1) is 6.92 Å². The molecule has 0 aliphatic carbocycles. The number of aryl methyl sites for hydroxylation is 1. The molecule has 1 aliphatic heterocycles. The van der Waals surface area contributed by atoms with Crippen LogP contribution in [0.5, 0.6) is 0 Å². The number of guanidine groups is 1. The number of morpholine rings is 1. The predicted molar refractivity (Wildman–Crippen MR) is 111 cm³/mol. The van der Waals surface area contributed by atoms with Crippen molar-refractivity contribution in [1.82, 2.24) is 10.2 Å². The van der Waals surface area contributed by atoms with Gasteiger partial charge in [0.2, 0.25) is 0 Å². The highest BCUT2D eigenvalue weighted by Crippen LogP contribution is 2.24. The number of ether oxygens (including phenoxy) is 1. The number of hydrogen-bond acceptors (Lipinski definition) is 3. The van der Waals surface area contributed by atoms with Gasteiger partial charge in [-0.3, -0.25) is 4.99 Å². The third-order valence-corrected chi connectivity index (χ3v) is 4.35. The highest BCUT2D eigenvalue weighted by Gasteiger charge is 2.24. The molecule has 1 aromatic heterocycles. The molecule has 6 heteroatoms. The van der Waals surface area contributed by atoms with Crippen LogP contribution in [0.15, 0.2) is 52.1 Å². The van der Waals surface area contributed by atoms with E-state index in [4.69, 9.17) is 9.15 Å². The van der Waals surface area contributed by atoms with Crippen molar-refractivity contribution >= 4 is 29.9 Å². The monoisotopic (exact) mass is 455 g/mol. The van der Waals surface area contributed by atoms with E-state index in [-0.39, 0.29) is 30.1 Å². The maximum atomic E-state index is 5.99. The van der Waals surface area contributed by atoms with Gasteiger partial charge in [-0.15, -0.1) is 24.0 Å². The first-order valence-electron chi connectivity index (χ1n) is 8.43. The lowest BCUT2D eigenvalue weighted by atomic mass is 10.0. The van der Waals surface area contributed by atoms with Crippen molar-refractivity contribution in [3.05, 3.63) is 59.5 Å². The molecule has 136 valence electrons. The molecule has 1 N–H and O–H groups in total. The fraction of sp³-hybridized carbons (Fsp3) is 0.421. The first-order valence-corrected chi connectivity index (χ1v) is 8.43. The van der Waals surface area contributed by atoms with Crippen molar-refractivity contribution in [2.75, 3.05) is 33.3 Å². The van der Waals surface area contributed by atoms with Crippen LogP contribution in [-0.4, -0.2) is 44.1 Å². The van der Waals surface area contributed by atoms with E-state index in [2.05, 4.69) is 46.4 Å². The van der Waals surface area contributed by atoms with E-state index < -0.39 is 0 Å². The lowest BCUT2D eigenvalue weighted by molar-refractivity contribution is -0.00830. The summed E-state index contributed by atoms with van der Waals surface area (Å²) >= 11 is 0. The van der Waals surface area contributed by atoms with Gasteiger partial charge in [-0.05, 0) is 30.2 Å². The SMILES string of the molecule is CN=C(NCCc1ccco1)N1CCOC(c2ccccc2C)C1.I.